The van der Waals surface area contributed by atoms with Gasteiger partial charge >= 0.3 is 18.0 Å². The molecule has 10 nitrogen and oxygen atoms in total. The second-order valence-corrected chi connectivity index (χ2v) is 9.67. The molecule has 1 N–H and O–H groups in total. The van der Waals surface area contributed by atoms with E-state index >= 15 is 0 Å². The van der Waals surface area contributed by atoms with Crippen LogP contribution in [0.15, 0.2) is 36.4 Å². The molecule has 1 fully saturated rings. The number of carbonyl (C=O) groups excluding carboxylic acids is 4. The second kappa shape index (κ2) is 13.5. The molecule has 2 aromatic rings. The van der Waals surface area contributed by atoms with Crippen molar-refractivity contribution < 1.29 is 43.2 Å². The minimum absolute atomic E-state index is 0.0182. The highest BCUT2D eigenvalue weighted by Crippen LogP contribution is 2.52. The second-order valence-electron chi connectivity index (χ2n) is 9.30. The van der Waals surface area contributed by atoms with Crippen LogP contribution in [0.2, 0.25) is 0 Å². The van der Waals surface area contributed by atoms with Gasteiger partial charge < -0.3 is 24.1 Å². The zero-order valence-corrected chi connectivity index (χ0v) is 22.4. The van der Waals surface area contributed by atoms with Gasteiger partial charge in [0.25, 0.3) is 0 Å². The number of aliphatic hydroxyl groups is 1. The molecule has 1 aliphatic rings. The lowest BCUT2D eigenvalue weighted by molar-refractivity contribution is -0.155. The lowest BCUT2D eigenvalue weighted by Crippen LogP contribution is -2.37. The highest BCUT2D eigenvalue weighted by molar-refractivity contribution is 7.80. The normalized spacial score (nSPS) is 14.3. The summed E-state index contributed by atoms with van der Waals surface area (Å²) < 4.78 is 20.5. The summed E-state index contributed by atoms with van der Waals surface area (Å²) in [6.07, 6.45) is 0.0623. The summed E-state index contributed by atoms with van der Waals surface area (Å²) >= 11 is 4.01. The van der Waals surface area contributed by atoms with Crippen molar-refractivity contribution in [2.45, 2.75) is 45.1 Å². The maximum atomic E-state index is 12.5. The van der Waals surface area contributed by atoms with Gasteiger partial charge in [0, 0.05) is 19.2 Å². The molecule has 1 saturated carbocycles. The fourth-order valence-corrected chi connectivity index (χ4v) is 4.30. The smallest absolute Gasteiger partial charge is 0.419 e. The van der Waals surface area contributed by atoms with Crippen LogP contribution < -0.4 is 4.74 Å². The van der Waals surface area contributed by atoms with E-state index in [4.69, 9.17) is 24.1 Å². The monoisotopic (exact) mass is 547 g/mol. The topological polar surface area (TPSA) is 129 Å². The number of esters is 2. The Bertz CT molecular complexity index is 1160. The predicted octanol–water partition coefficient (Wildman–Crippen LogP) is 3.27. The maximum Gasteiger partial charge on any atom is 0.419 e. The van der Waals surface area contributed by atoms with E-state index in [0.29, 0.717) is 25.0 Å². The molecule has 1 aliphatic carbocycles. The van der Waals surface area contributed by atoms with E-state index < -0.39 is 42.3 Å². The quantitative estimate of drug-likeness (QED) is 0.221. The van der Waals surface area contributed by atoms with E-state index in [1.165, 1.54) is 6.92 Å². The first kappa shape index (κ1) is 29.2. The number of imide groups is 1. The largest absolute Gasteiger partial charge is 0.497 e. The van der Waals surface area contributed by atoms with E-state index in [9.17, 15) is 19.2 Å². The first-order valence-corrected chi connectivity index (χ1v) is 12.9. The van der Waals surface area contributed by atoms with Crippen molar-refractivity contribution in [3.8, 4) is 5.75 Å². The van der Waals surface area contributed by atoms with Gasteiger partial charge in [0.05, 0.1) is 26.6 Å². The highest BCUT2D eigenvalue weighted by Gasteiger charge is 2.47. The number of rotatable bonds is 13. The fraction of sp³-hybridized carbons (Fsp3) is 0.481. The molecular weight excluding hydrogens is 514 g/mol. The Labute approximate surface area is 226 Å². The summed E-state index contributed by atoms with van der Waals surface area (Å²) in [6, 6.07) is 11.5. The van der Waals surface area contributed by atoms with Crippen molar-refractivity contribution in [1.29, 1.82) is 0 Å². The molecule has 0 radical (unpaired) electrons. The average Bonchev–Trinajstić information content (AvgIpc) is 3.64. The zero-order valence-electron chi connectivity index (χ0n) is 21.5. The van der Waals surface area contributed by atoms with Crippen LogP contribution in [0, 0.1) is 5.41 Å². The fourth-order valence-electron chi connectivity index (χ4n) is 4.11. The lowest BCUT2D eigenvalue weighted by Gasteiger charge is -2.20. The summed E-state index contributed by atoms with van der Waals surface area (Å²) in [5.74, 6) is -0.758. The number of thiol groups is 1. The molecule has 0 saturated heterocycles. The van der Waals surface area contributed by atoms with Crippen molar-refractivity contribution in [2.24, 2.45) is 5.41 Å². The number of ether oxygens (including phenoxy) is 4. The van der Waals surface area contributed by atoms with Crippen LogP contribution in [-0.2, 0) is 35.0 Å². The number of hydrogen-bond donors (Lipinski definition) is 2. The van der Waals surface area contributed by atoms with Crippen molar-refractivity contribution in [3.63, 3.8) is 0 Å². The molecule has 0 aromatic heterocycles. The first-order chi connectivity index (χ1) is 18.2. The van der Waals surface area contributed by atoms with Gasteiger partial charge in [-0.2, -0.15) is 12.6 Å². The third-order valence-electron chi connectivity index (χ3n) is 6.49. The Morgan fingerprint density at radius 2 is 1.82 bits per heavy atom. The standard InChI is InChI=1S/C27H33NO9S/c1-18(30)28(11-8-20-5-3-4-19-6-7-21(34-2)12-23(19)20)26(33)36-17-35-24(31)13-27(9-10-27)14-25(32)37-22(15-29)16-38/h3-7,12,22,29,38H,8-11,13-17H2,1-2H3. The molecular formula is C27H33NO9S. The van der Waals surface area contributed by atoms with Gasteiger partial charge in [-0.3, -0.25) is 14.4 Å². The molecule has 2 amide bonds. The number of hydrogen-bond acceptors (Lipinski definition) is 10. The summed E-state index contributed by atoms with van der Waals surface area (Å²) in [7, 11) is 1.58. The Kier molecular flexibility index (Phi) is 10.4. The predicted molar refractivity (Wildman–Crippen MR) is 141 cm³/mol. The van der Waals surface area contributed by atoms with Gasteiger partial charge in [-0.05, 0) is 53.1 Å². The van der Waals surface area contributed by atoms with E-state index in [1.807, 2.05) is 36.4 Å². The van der Waals surface area contributed by atoms with Crippen molar-refractivity contribution >= 4 is 47.3 Å². The summed E-state index contributed by atoms with van der Waals surface area (Å²) in [5, 5.41) is 11.1. The molecule has 38 heavy (non-hydrogen) atoms. The first-order valence-electron chi connectivity index (χ1n) is 12.3. The number of nitrogens with zero attached hydrogens (tertiary/aromatic N) is 1. The Hall–Kier alpha value is -3.31. The zero-order chi connectivity index (χ0) is 27.7. The van der Waals surface area contributed by atoms with E-state index in [-0.39, 0.29) is 31.7 Å². The number of carbonyl (C=O) groups is 4. The van der Waals surface area contributed by atoms with Gasteiger partial charge in [0.15, 0.2) is 0 Å². The number of fused-ring (bicyclic) bond motifs is 1. The van der Waals surface area contributed by atoms with Crippen LogP contribution in [0.4, 0.5) is 4.79 Å². The number of methoxy groups -OCH3 is 1. The third-order valence-corrected chi connectivity index (χ3v) is 6.90. The number of benzene rings is 2. The van der Waals surface area contributed by atoms with Crippen LogP contribution in [0.3, 0.4) is 0 Å². The Balaban J connectivity index is 1.48. The Morgan fingerprint density at radius 1 is 1.08 bits per heavy atom. The van der Waals surface area contributed by atoms with Crippen molar-refractivity contribution in [3.05, 3.63) is 42.0 Å². The molecule has 0 bridgehead atoms. The summed E-state index contributed by atoms with van der Waals surface area (Å²) in [4.78, 5) is 50.0. The van der Waals surface area contributed by atoms with Crippen LogP contribution in [0.1, 0.15) is 38.2 Å². The van der Waals surface area contributed by atoms with Crippen LogP contribution in [0.25, 0.3) is 10.8 Å². The van der Waals surface area contributed by atoms with E-state index in [2.05, 4.69) is 12.6 Å². The van der Waals surface area contributed by atoms with Crippen molar-refractivity contribution in [1.82, 2.24) is 4.90 Å². The van der Waals surface area contributed by atoms with Crippen LogP contribution in [0.5, 0.6) is 5.75 Å². The molecule has 2 aromatic carbocycles. The minimum Gasteiger partial charge on any atom is -0.497 e. The molecule has 0 heterocycles. The van der Waals surface area contributed by atoms with Crippen LogP contribution in [-0.4, -0.2) is 72.9 Å². The SMILES string of the molecule is COc1ccc2cccc(CCN(C(C)=O)C(=O)OCOC(=O)CC3(CC(=O)OC(CO)CS)CC3)c2c1. The highest BCUT2D eigenvalue weighted by atomic mass is 32.1. The molecule has 0 spiro atoms. The molecule has 3 rings (SSSR count). The average molecular weight is 548 g/mol. The molecule has 11 heteroatoms. The molecule has 0 aliphatic heterocycles. The Morgan fingerprint density at radius 3 is 2.45 bits per heavy atom. The van der Waals surface area contributed by atoms with Gasteiger partial charge in [-0.25, -0.2) is 9.69 Å². The van der Waals surface area contributed by atoms with Crippen LogP contribution >= 0.6 is 12.6 Å². The molecule has 1 atom stereocenters. The van der Waals surface area contributed by atoms with E-state index in [1.54, 1.807) is 7.11 Å². The van der Waals surface area contributed by atoms with Gasteiger partial charge in [0.1, 0.15) is 11.9 Å². The summed E-state index contributed by atoms with van der Waals surface area (Å²) in [5.41, 5.74) is 0.376. The van der Waals surface area contributed by atoms with Gasteiger partial charge in [-0.1, -0.05) is 24.3 Å². The van der Waals surface area contributed by atoms with E-state index in [0.717, 1.165) is 21.2 Å². The molecule has 1 unspecified atom stereocenters. The number of aliphatic hydroxyl groups excluding tert-OH is 1. The van der Waals surface area contributed by atoms with Crippen molar-refractivity contribution in [2.75, 3.05) is 32.8 Å². The lowest BCUT2D eigenvalue weighted by atomic mass is 9.98. The van der Waals surface area contributed by atoms with Gasteiger partial charge in [-0.15, -0.1) is 0 Å². The maximum absolute atomic E-state index is 12.5. The minimum atomic E-state index is -0.922. The third kappa shape index (κ3) is 8.09. The summed E-state index contributed by atoms with van der Waals surface area (Å²) in [6.45, 7) is 0.346. The molecule has 206 valence electrons. The number of amides is 2. The van der Waals surface area contributed by atoms with Gasteiger partial charge in [0.2, 0.25) is 12.7 Å².